The van der Waals surface area contributed by atoms with Crippen molar-refractivity contribution >= 4 is 22.7 Å². The van der Waals surface area contributed by atoms with Crippen molar-refractivity contribution in [1.82, 2.24) is 9.58 Å². The van der Waals surface area contributed by atoms with Crippen LogP contribution in [0.5, 0.6) is 0 Å². The predicted molar refractivity (Wildman–Crippen MR) is 111 cm³/mol. The van der Waals surface area contributed by atoms with Gasteiger partial charge in [-0.05, 0) is 36.8 Å². The Kier molecular flexibility index (Phi) is 4.35. The van der Waals surface area contributed by atoms with Gasteiger partial charge >= 0.3 is 5.76 Å². The summed E-state index contributed by atoms with van der Waals surface area (Å²) >= 11 is 0. The molecule has 4 aromatic rings. The van der Waals surface area contributed by atoms with Crippen LogP contribution >= 0.6 is 0 Å². The summed E-state index contributed by atoms with van der Waals surface area (Å²) in [7, 11) is 0. The van der Waals surface area contributed by atoms with Gasteiger partial charge in [-0.2, -0.15) is 5.10 Å². The molecule has 0 spiro atoms. The fraction of sp³-hybridized carbons (Fsp3) is 0.174. The number of carbonyl (C=O) groups excluding carboxylic acids is 1. The van der Waals surface area contributed by atoms with E-state index < -0.39 is 5.76 Å². The van der Waals surface area contributed by atoms with Crippen LogP contribution in [0.3, 0.4) is 0 Å². The number of para-hydroxylation sites is 2. The molecule has 0 saturated heterocycles. The summed E-state index contributed by atoms with van der Waals surface area (Å²) in [4.78, 5) is 25.5. The first-order valence-corrected chi connectivity index (χ1v) is 9.68. The average molecular weight is 401 g/mol. The van der Waals surface area contributed by atoms with Crippen molar-refractivity contribution in [3.63, 3.8) is 0 Å². The molecule has 0 N–H and O–H groups in total. The number of rotatable bonds is 4. The van der Waals surface area contributed by atoms with Crippen LogP contribution in [-0.2, 0) is 11.3 Å². The topological polar surface area (TPSA) is 81.0 Å². The third-order valence-corrected chi connectivity index (χ3v) is 5.29. The molecule has 5 rings (SSSR count). The van der Waals surface area contributed by atoms with Crippen molar-refractivity contribution in [2.75, 3.05) is 0 Å². The van der Waals surface area contributed by atoms with Crippen LogP contribution in [0.1, 0.15) is 29.3 Å². The molecule has 1 atom stereocenters. The zero-order valence-corrected chi connectivity index (χ0v) is 16.3. The highest BCUT2D eigenvalue weighted by molar-refractivity contribution is 6.03. The molecule has 7 heteroatoms. The van der Waals surface area contributed by atoms with E-state index in [1.807, 2.05) is 37.3 Å². The first kappa shape index (κ1) is 18.2. The molecular weight excluding hydrogens is 382 g/mol. The molecule has 0 fully saturated rings. The van der Waals surface area contributed by atoms with Crippen molar-refractivity contribution in [1.29, 1.82) is 0 Å². The Morgan fingerprint density at radius 1 is 1.10 bits per heavy atom. The molecule has 0 saturated carbocycles. The summed E-state index contributed by atoms with van der Waals surface area (Å²) in [6, 6.07) is 18.3. The summed E-state index contributed by atoms with van der Waals surface area (Å²) in [5.74, 6) is -0.230. The van der Waals surface area contributed by atoms with Crippen LogP contribution in [0.25, 0.3) is 11.1 Å². The van der Waals surface area contributed by atoms with Gasteiger partial charge in [-0.3, -0.25) is 9.36 Å². The lowest BCUT2D eigenvalue weighted by molar-refractivity contribution is -0.134. The fourth-order valence-electron chi connectivity index (χ4n) is 3.73. The van der Waals surface area contributed by atoms with Crippen molar-refractivity contribution in [2.24, 2.45) is 5.10 Å². The van der Waals surface area contributed by atoms with Crippen LogP contribution in [0, 0.1) is 6.92 Å². The highest BCUT2D eigenvalue weighted by Crippen LogP contribution is 2.33. The lowest BCUT2D eigenvalue weighted by Crippen LogP contribution is -2.32. The van der Waals surface area contributed by atoms with E-state index in [9.17, 15) is 9.59 Å². The second kappa shape index (κ2) is 7.18. The Balaban J connectivity index is 1.50. The third-order valence-electron chi connectivity index (χ3n) is 5.29. The molecule has 1 amide bonds. The Morgan fingerprint density at radius 3 is 2.67 bits per heavy atom. The van der Waals surface area contributed by atoms with Gasteiger partial charge in [0.15, 0.2) is 5.58 Å². The molecule has 30 heavy (non-hydrogen) atoms. The lowest BCUT2D eigenvalue weighted by atomic mass is 10.0. The average Bonchev–Trinajstić information content (AvgIpc) is 3.48. The first-order valence-electron chi connectivity index (χ1n) is 9.68. The number of amides is 1. The molecule has 7 nitrogen and oxygen atoms in total. The molecule has 0 aliphatic carbocycles. The van der Waals surface area contributed by atoms with E-state index in [0.717, 1.165) is 16.8 Å². The van der Waals surface area contributed by atoms with Crippen LogP contribution in [0.4, 0.5) is 0 Å². The largest absolute Gasteiger partial charge is 0.467 e. The quantitative estimate of drug-likeness (QED) is 0.520. The summed E-state index contributed by atoms with van der Waals surface area (Å²) in [6.45, 7) is 1.85. The summed E-state index contributed by atoms with van der Waals surface area (Å²) < 4.78 is 12.2. The number of aryl methyl sites for hydroxylation is 1. The van der Waals surface area contributed by atoms with Gasteiger partial charge in [-0.15, -0.1) is 0 Å². The number of carbonyl (C=O) groups is 1. The standard InChI is InChI=1S/C23H19N3O4/c1-15-8-10-16(11-9-15)17-13-19(20-7-4-12-29-20)26(24-17)22(27)14-25-18-5-2-3-6-21(18)30-23(25)28/h2-12,19H,13-14H2,1H3/t19-/m1/s1. The molecule has 150 valence electrons. The number of hydrogen-bond donors (Lipinski definition) is 0. The molecule has 3 heterocycles. The minimum atomic E-state index is -0.568. The molecule has 2 aromatic carbocycles. The smallest absolute Gasteiger partial charge is 0.420 e. The highest BCUT2D eigenvalue weighted by Gasteiger charge is 2.35. The van der Waals surface area contributed by atoms with E-state index in [0.29, 0.717) is 23.3 Å². The van der Waals surface area contributed by atoms with Crippen LogP contribution in [0.2, 0.25) is 0 Å². The van der Waals surface area contributed by atoms with Crippen LogP contribution < -0.4 is 5.76 Å². The van der Waals surface area contributed by atoms with Gasteiger partial charge in [0.25, 0.3) is 5.91 Å². The minimum Gasteiger partial charge on any atom is -0.467 e. The maximum atomic E-state index is 13.2. The number of benzene rings is 2. The van der Waals surface area contributed by atoms with Gasteiger partial charge in [0, 0.05) is 6.42 Å². The van der Waals surface area contributed by atoms with Crippen molar-refractivity contribution in [3.05, 3.63) is 94.4 Å². The molecule has 1 aliphatic heterocycles. The summed E-state index contributed by atoms with van der Waals surface area (Å²) in [6.07, 6.45) is 2.11. The van der Waals surface area contributed by atoms with E-state index in [1.54, 1.807) is 36.6 Å². The van der Waals surface area contributed by atoms with Gasteiger partial charge in [0.1, 0.15) is 18.3 Å². The minimum absolute atomic E-state index is 0.169. The Hall–Kier alpha value is -3.87. The molecular formula is C23H19N3O4. The second-order valence-electron chi connectivity index (χ2n) is 7.31. The van der Waals surface area contributed by atoms with Gasteiger partial charge in [0.2, 0.25) is 0 Å². The Morgan fingerprint density at radius 2 is 1.90 bits per heavy atom. The Bertz CT molecular complexity index is 1300. The number of fused-ring (bicyclic) bond motifs is 1. The van der Waals surface area contributed by atoms with E-state index in [2.05, 4.69) is 5.10 Å². The maximum absolute atomic E-state index is 13.2. The van der Waals surface area contributed by atoms with Gasteiger partial charge in [-0.25, -0.2) is 9.80 Å². The SMILES string of the molecule is Cc1ccc(C2=NN(C(=O)Cn3c(=O)oc4ccccc43)[C@@H](c3ccco3)C2)cc1. The van der Waals surface area contributed by atoms with E-state index in [1.165, 1.54) is 9.58 Å². The van der Waals surface area contributed by atoms with Gasteiger partial charge in [-0.1, -0.05) is 42.0 Å². The normalized spacial score (nSPS) is 16.2. The number of furan rings is 1. The van der Waals surface area contributed by atoms with Crippen LogP contribution in [0.15, 0.2) is 85.7 Å². The zero-order valence-electron chi connectivity index (χ0n) is 16.3. The number of aromatic nitrogens is 1. The number of oxazole rings is 1. The number of hydrogen-bond acceptors (Lipinski definition) is 5. The van der Waals surface area contributed by atoms with E-state index >= 15 is 0 Å². The lowest BCUT2D eigenvalue weighted by Gasteiger charge is -2.19. The summed E-state index contributed by atoms with van der Waals surface area (Å²) in [5, 5.41) is 6.03. The molecule has 0 unspecified atom stereocenters. The number of hydrazone groups is 1. The maximum Gasteiger partial charge on any atom is 0.420 e. The van der Waals surface area contributed by atoms with Gasteiger partial charge in [0.05, 0.1) is 17.5 Å². The van der Waals surface area contributed by atoms with Crippen molar-refractivity contribution in [3.8, 4) is 0 Å². The first-order chi connectivity index (χ1) is 14.6. The van der Waals surface area contributed by atoms with E-state index in [4.69, 9.17) is 8.83 Å². The number of nitrogens with zero attached hydrogens (tertiary/aromatic N) is 3. The van der Waals surface area contributed by atoms with Crippen molar-refractivity contribution < 1.29 is 13.6 Å². The molecule has 0 radical (unpaired) electrons. The van der Waals surface area contributed by atoms with E-state index in [-0.39, 0.29) is 18.5 Å². The zero-order chi connectivity index (χ0) is 20.7. The fourth-order valence-corrected chi connectivity index (χ4v) is 3.73. The Labute approximate surface area is 171 Å². The van der Waals surface area contributed by atoms with Crippen LogP contribution in [-0.4, -0.2) is 21.2 Å². The molecule has 1 aliphatic rings. The van der Waals surface area contributed by atoms with Gasteiger partial charge < -0.3 is 8.83 Å². The highest BCUT2D eigenvalue weighted by atomic mass is 16.4. The van der Waals surface area contributed by atoms with Crippen molar-refractivity contribution in [2.45, 2.75) is 25.9 Å². The molecule has 2 aromatic heterocycles. The summed E-state index contributed by atoms with van der Waals surface area (Å²) in [5.41, 5.74) is 3.93. The monoisotopic (exact) mass is 401 g/mol. The molecule has 0 bridgehead atoms. The predicted octanol–water partition coefficient (Wildman–Crippen LogP) is 3.87. The second-order valence-corrected chi connectivity index (χ2v) is 7.31. The third kappa shape index (κ3) is 3.14.